The summed E-state index contributed by atoms with van der Waals surface area (Å²) in [7, 11) is 0. The van der Waals surface area contributed by atoms with Gasteiger partial charge in [-0.05, 0) is 12.8 Å². The molecule has 0 radical (unpaired) electrons. The van der Waals surface area contributed by atoms with Gasteiger partial charge in [-0.3, -0.25) is 0 Å². The van der Waals surface area contributed by atoms with Gasteiger partial charge in [0.25, 0.3) is 0 Å². The average molecular weight is 198 g/mol. The summed E-state index contributed by atoms with van der Waals surface area (Å²) in [5, 5.41) is 0. The first-order chi connectivity index (χ1) is 4.81. The van der Waals surface area contributed by atoms with Crippen LogP contribution in [0.5, 0.6) is 0 Å². The van der Waals surface area contributed by atoms with Gasteiger partial charge in [-0.15, -0.1) is 12.2 Å². The van der Waals surface area contributed by atoms with E-state index in [4.69, 9.17) is 4.52 Å². The van der Waals surface area contributed by atoms with Crippen LogP contribution in [-0.4, -0.2) is 12.4 Å². The summed E-state index contributed by atoms with van der Waals surface area (Å²) in [5.74, 6) is 1.17. The molecule has 0 fully saturated rings. The van der Waals surface area contributed by atoms with Gasteiger partial charge in [0, 0.05) is 5.75 Å². The van der Waals surface area contributed by atoms with Crippen LogP contribution >= 0.6 is 30.2 Å². The first-order valence-electron chi connectivity index (χ1n) is 3.56. The summed E-state index contributed by atoms with van der Waals surface area (Å²) < 4.78 is 5.39. The van der Waals surface area contributed by atoms with Crippen molar-refractivity contribution in [2.75, 3.05) is 12.4 Å². The fraction of sp³-hybridized carbons (Fsp3) is 1.00. The fourth-order valence-corrected chi connectivity index (χ4v) is 3.57. The highest BCUT2D eigenvalue weighted by Crippen LogP contribution is 2.55. The minimum atomic E-state index is -0.481. The molecule has 0 aliphatic carbocycles. The van der Waals surface area contributed by atoms with Crippen LogP contribution in [-0.2, 0) is 4.52 Å². The molecule has 0 spiro atoms. The van der Waals surface area contributed by atoms with E-state index in [1.807, 2.05) is 11.4 Å². The van der Waals surface area contributed by atoms with Gasteiger partial charge in [-0.1, -0.05) is 25.2 Å². The Labute approximate surface area is 74.0 Å². The molecule has 10 heavy (non-hydrogen) atoms. The van der Waals surface area contributed by atoms with Crippen LogP contribution in [0, 0.1) is 0 Å². The Morgan fingerprint density at radius 2 is 2.10 bits per heavy atom. The van der Waals surface area contributed by atoms with E-state index in [1.54, 1.807) is 0 Å². The van der Waals surface area contributed by atoms with E-state index in [-0.39, 0.29) is 0 Å². The molecule has 0 rings (SSSR count). The zero-order valence-electron chi connectivity index (χ0n) is 6.54. The molecule has 1 unspecified atom stereocenters. The lowest BCUT2D eigenvalue weighted by Gasteiger charge is -2.08. The van der Waals surface area contributed by atoms with Crippen molar-refractivity contribution in [2.24, 2.45) is 0 Å². The van der Waals surface area contributed by atoms with Crippen molar-refractivity contribution < 1.29 is 4.52 Å². The third kappa shape index (κ3) is 7.20. The van der Waals surface area contributed by atoms with Crippen LogP contribution in [0.3, 0.4) is 0 Å². The van der Waals surface area contributed by atoms with Crippen LogP contribution in [0.1, 0.15) is 26.7 Å². The van der Waals surface area contributed by atoms with Gasteiger partial charge in [0.05, 0.1) is 6.61 Å². The van der Waals surface area contributed by atoms with E-state index < -0.39 is 6.55 Å². The largest absolute Gasteiger partial charge is 0.339 e. The molecular weight excluding hydrogens is 183 g/mol. The number of thiol groups is 1. The zero-order valence-corrected chi connectivity index (χ0v) is 9.14. The molecule has 0 heterocycles. The highest BCUT2D eigenvalue weighted by Gasteiger charge is 2.00. The molecule has 0 aliphatic heterocycles. The molecule has 0 aliphatic rings. The minimum Gasteiger partial charge on any atom is -0.339 e. The summed E-state index contributed by atoms with van der Waals surface area (Å²) in [6, 6.07) is 0. The summed E-state index contributed by atoms with van der Waals surface area (Å²) in [4.78, 5) is 0. The standard InChI is InChI=1S/C6H15OPS2/c1-3-5-7-8(9)10-6-4-2/h9H,3-6H2,1-2H3. The van der Waals surface area contributed by atoms with Crippen molar-refractivity contribution in [1.29, 1.82) is 0 Å². The number of rotatable bonds is 6. The molecule has 62 valence electrons. The SMILES string of the molecule is CCCOP(S)SCCC. The topological polar surface area (TPSA) is 9.23 Å². The van der Waals surface area contributed by atoms with Gasteiger partial charge < -0.3 is 4.52 Å². The number of hydrogen-bond acceptors (Lipinski definition) is 3. The third-order valence-corrected chi connectivity index (χ3v) is 4.94. The second-order valence-corrected chi connectivity index (χ2v) is 6.98. The molecule has 0 aromatic heterocycles. The van der Waals surface area contributed by atoms with Crippen molar-refractivity contribution >= 4 is 30.2 Å². The fourth-order valence-electron chi connectivity index (χ4n) is 0.376. The molecule has 0 bridgehead atoms. The van der Waals surface area contributed by atoms with Gasteiger partial charge in [0.15, 0.2) is 0 Å². The van der Waals surface area contributed by atoms with Crippen LogP contribution < -0.4 is 0 Å². The number of hydrogen-bond donors (Lipinski definition) is 1. The monoisotopic (exact) mass is 198 g/mol. The Morgan fingerprint density at radius 1 is 1.40 bits per heavy atom. The van der Waals surface area contributed by atoms with Gasteiger partial charge in [0.2, 0.25) is 0 Å². The van der Waals surface area contributed by atoms with Gasteiger partial charge in [-0.25, -0.2) is 0 Å². The summed E-state index contributed by atoms with van der Waals surface area (Å²) in [6.45, 7) is 4.65. The first kappa shape index (κ1) is 11.1. The van der Waals surface area contributed by atoms with Crippen molar-refractivity contribution in [1.82, 2.24) is 0 Å². The van der Waals surface area contributed by atoms with Crippen LogP contribution in [0.4, 0.5) is 0 Å². The van der Waals surface area contributed by atoms with E-state index >= 15 is 0 Å². The Balaban J connectivity index is 3.00. The van der Waals surface area contributed by atoms with Crippen LogP contribution in [0.15, 0.2) is 0 Å². The molecule has 0 aromatic carbocycles. The Bertz CT molecular complexity index is 64.8. The zero-order chi connectivity index (χ0) is 7.82. The lowest BCUT2D eigenvalue weighted by Crippen LogP contribution is -1.81. The maximum absolute atomic E-state index is 5.39. The van der Waals surface area contributed by atoms with Crippen molar-refractivity contribution in [3.05, 3.63) is 0 Å². The highest BCUT2D eigenvalue weighted by molar-refractivity contribution is 8.82. The summed E-state index contributed by atoms with van der Waals surface area (Å²) in [5.41, 5.74) is 0. The average Bonchev–Trinajstić information content (AvgIpc) is 1.97. The second-order valence-electron chi connectivity index (χ2n) is 1.90. The van der Waals surface area contributed by atoms with Crippen molar-refractivity contribution in [3.8, 4) is 0 Å². The molecule has 0 N–H and O–H groups in total. The van der Waals surface area contributed by atoms with E-state index in [9.17, 15) is 0 Å². The van der Waals surface area contributed by atoms with Crippen LogP contribution in [0.25, 0.3) is 0 Å². The van der Waals surface area contributed by atoms with E-state index in [0.29, 0.717) is 0 Å². The molecule has 0 amide bonds. The second kappa shape index (κ2) is 8.19. The quantitative estimate of drug-likeness (QED) is 0.514. The molecule has 0 saturated carbocycles. The lowest BCUT2D eigenvalue weighted by molar-refractivity contribution is 0.367. The van der Waals surface area contributed by atoms with E-state index in [2.05, 4.69) is 26.1 Å². The molecular formula is C6H15OPS2. The maximum Gasteiger partial charge on any atom is 0.148 e. The van der Waals surface area contributed by atoms with Crippen LogP contribution in [0.2, 0.25) is 0 Å². The Hall–Kier alpha value is 1.09. The Morgan fingerprint density at radius 3 is 2.60 bits per heavy atom. The molecule has 1 nitrogen and oxygen atoms in total. The third-order valence-electron chi connectivity index (χ3n) is 0.812. The predicted molar refractivity (Wildman–Crippen MR) is 54.9 cm³/mol. The van der Waals surface area contributed by atoms with E-state index in [0.717, 1.165) is 13.0 Å². The van der Waals surface area contributed by atoms with Gasteiger partial charge >= 0.3 is 0 Å². The smallest absolute Gasteiger partial charge is 0.148 e. The van der Waals surface area contributed by atoms with Crippen molar-refractivity contribution in [2.45, 2.75) is 26.7 Å². The van der Waals surface area contributed by atoms with Crippen molar-refractivity contribution in [3.63, 3.8) is 0 Å². The molecule has 1 atom stereocenters. The molecule has 0 saturated heterocycles. The minimum absolute atomic E-state index is 0.481. The molecule has 0 aromatic rings. The summed E-state index contributed by atoms with van der Waals surface area (Å²) in [6.07, 6.45) is 2.30. The Kier molecular flexibility index (Phi) is 9.08. The van der Waals surface area contributed by atoms with E-state index in [1.165, 1.54) is 12.2 Å². The highest BCUT2D eigenvalue weighted by atomic mass is 33.1. The summed E-state index contributed by atoms with van der Waals surface area (Å²) >= 11 is 6.13. The van der Waals surface area contributed by atoms with Gasteiger partial charge in [-0.2, -0.15) is 0 Å². The maximum atomic E-state index is 5.39. The van der Waals surface area contributed by atoms with Gasteiger partial charge in [0.1, 0.15) is 6.55 Å². The first-order valence-corrected chi connectivity index (χ1v) is 7.56. The predicted octanol–water partition coefficient (Wildman–Crippen LogP) is 3.71. The lowest BCUT2D eigenvalue weighted by atomic mass is 10.5. The molecule has 4 heteroatoms. The normalized spacial score (nSPS) is 13.5.